The van der Waals surface area contributed by atoms with Gasteiger partial charge in [-0.2, -0.15) is 0 Å². The van der Waals surface area contributed by atoms with Crippen LogP contribution in [0, 0.1) is 11.6 Å². The van der Waals surface area contributed by atoms with Crippen molar-refractivity contribution in [3.8, 4) is 5.75 Å². The Morgan fingerprint density at radius 2 is 1.95 bits per heavy atom. The van der Waals surface area contributed by atoms with Crippen molar-refractivity contribution in [3.05, 3.63) is 65.2 Å². The van der Waals surface area contributed by atoms with Gasteiger partial charge in [-0.3, -0.25) is 4.79 Å². The Morgan fingerprint density at radius 3 is 2.64 bits per heavy atom. The lowest BCUT2D eigenvalue weighted by atomic mass is 10.1. The van der Waals surface area contributed by atoms with Crippen molar-refractivity contribution in [2.75, 3.05) is 13.4 Å². The number of hydrogen-bond donors (Lipinski definition) is 0. The Morgan fingerprint density at radius 1 is 1.18 bits per heavy atom. The summed E-state index contributed by atoms with van der Waals surface area (Å²) in [6, 6.07) is 8.17. The summed E-state index contributed by atoms with van der Waals surface area (Å²) in [6.07, 6.45) is 4.38. The summed E-state index contributed by atoms with van der Waals surface area (Å²) in [5.74, 6) is -0.849. The first-order chi connectivity index (χ1) is 10.5. The van der Waals surface area contributed by atoms with Crippen LogP contribution in [0.3, 0.4) is 0 Å². The number of carbonyl (C=O) groups excluding carboxylic acids is 1. The van der Waals surface area contributed by atoms with Crippen LogP contribution in [0.4, 0.5) is 8.78 Å². The van der Waals surface area contributed by atoms with Crippen molar-refractivity contribution < 1.29 is 18.3 Å². The van der Waals surface area contributed by atoms with Crippen LogP contribution in [0.15, 0.2) is 47.4 Å². The zero-order valence-electron chi connectivity index (χ0n) is 12.1. The first kappa shape index (κ1) is 16.2. The molecule has 0 aliphatic heterocycles. The van der Waals surface area contributed by atoms with Crippen LogP contribution < -0.4 is 4.74 Å². The standard InChI is InChI=1S/C17H14F2O2S/c1-21-16-10-12(4-8-17(16)22-2)15(20)7-3-11-9-13(18)5-6-14(11)19/h3-10H,1-2H3/b7-3+. The Balaban J connectivity index is 2.25. The zero-order valence-corrected chi connectivity index (χ0v) is 12.9. The minimum absolute atomic E-state index is 0.0287. The summed E-state index contributed by atoms with van der Waals surface area (Å²) in [7, 11) is 1.53. The summed E-state index contributed by atoms with van der Waals surface area (Å²) < 4.78 is 31.8. The van der Waals surface area contributed by atoms with Crippen LogP contribution >= 0.6 is 11.8 Å². The second kappa shape index (κ2) is 7.22. The van der Waals surface area contributed by atoms with E-state index in [4.69, 9.17) is 4.74 Å². The summed E-state index contributed by atoms with van der Waals surface area (Å²) >= 11 is 1.51. The molecular formula is C17H14F2O2S. The van der Waals surface area contributed by atoms with Gasteiger partial charge in [-0.15, -0.1) is 11.8 Å². The molecule has 0 atom stereocenters. The predicted octanol–water partition coefficient (Wildman–Crippen LogP) is 4.59. The number of thioether (sulfide) groups is 1. The van der Waals surface area contributed by atoms with E-state index in [0.717, 1.165) is 23.1 Å². The molecule has 0 unspecified atom stereocenters. The monoisotopic (exact) mass is 320 g/mol. The molecule has 0 radical (unpaired) electrons. The molecule has 22 heavy (non-hydrogen) atoms. The smallest absolute Gasteiger partial charge is 0.185 e. The van der Waals surface area contributed by atoms with E-state index in [1.807, 2.05) is 6.26 Å². The maximum atomic E-state index is 13.5. The molecule has 5 heteroatoms. The lowest BCUT2D eigenvalue weighted by molar-refractivity contribution is 0.104. The number of halogens is 2. The normalized spacial score (nSPS) is 10.9. The molecule has 0 fully saturated rings. The molecule has 2 rings (SSSR count). The molecule has 0 aromatic heterocycles. The number of ketones is 1. The van der Waals surface area contributed by atoms with E-state index < -0.39 is 11.6 Å². The lowest BCUT2D eigenvalue weighted by Crippen LogP contribution is -1.96. The van der Waals surface area contributed by atoms with E-state index in [2.05, 4.69) is 0 Å². The molecular weight excluding hydrogens is 306 g/mol. The number of hydrogen-bond acceptors (Lipinski definition) is 3. The molecule has 114 valence electrons. The molecule has 2 aromatic carbocycles. The van der Waals surface area contributed by atoms with Gasteiger partial charge in [-0.1, -0.05) is 0 Å². The average Bonchev–Trinajstić information content (AvgIpc) is 2.54. The highest BCUT2D eigenvalue weighted by atomic mass is 32.2. The maximum Gasteiger partial charge on any atom is 0.185 e. The molecule has 0 saturated carbocycles. The van der Waals surface area contributed by atoms with Gasteiger partial charge in [0, 0.05) is 16.0 Å². The Bertz CT molecular complexity index is 727. The topological polar surface area (TPSA) is 26.3 Å². The SMILES string of the molecule is COc1cc(C(=O)/C=C/c2cc(F)ccc2F)ccc1SC. The maximum absolute atomic E-state index is 13.5. The van der Waals surface area contributed by atoms with Gasteiger partial charge in [0.25, 0.3) is 0 Å². The first-order valence-electron chi connectivity index (χ1n) is 6.44. The van der Waals surface area contributed by atoms with Crippen LogP contribution in [-0.4, -0.2) is 19.1 Å². The number of ether oxygens (including phenoxy) is 1. The van der Waals surface area contributed by atoms with E-state index in [-0.39, 0.29) is 11.3 Å². The van der Waals surface area contributed by atoms with Crippen LogP contribution in [0.5, 0.6) is 5.75 Å². The molecule has 0 spiro atoms. The van der Waals surface area contributed by atoms with Gasteiger partial charge < -0.3 is 4.74 Å². The van der Waals surface area contributed by atoms with E-state index >= 15 is 0 Å². The second-order valence-corrected chi connectivity index (χ2v) is 5.28. The van der Waals surface area contributed by atoms with Gasteiger partial charge in [0.2, 0.25) is 0 Å². The molecule has 0 aliphatic rings. The third kappa shape index (κ3) is 3.74. The van der Waals surface area contributed by atoms with Gasteiger partial charge >= 0.3 is 0 Å². The molecule has 0 aliphatic carbocycles. The van der Waals surface area contributed by atoms with Gasteiger partial charge in [-0.25, -0.2) is 8.78 Å². The highest BCUT2D eigenvalue weighted by Crippen LogP contribution is 2.28. The number of carbonyl (C=O) groups is 1. The fourth-order valence-corrected chi connectivity index (χ4v) is 2.44. The first-order valence-corrected chi connectivity index (χ1v) is 7.67. The van der Waals surface area contributed by atoms with Crippen molar-refractivity contribution in [1.29, 1.82) is 0 Å². The van der Waals surface area contributed by atoms with Crippen molar-refractivity contribution in [1.82, 2.24) is 0 Å². The minimum Gasteiger partial charge on any atom is -0.496 e. The largest absolute Gasteiger partial charge is 0.496 e. The van der Waals surface area contributed by atoms with E-state index in [1.165, 1.54) is 31.0 Å². The summed E-state index contributed by atoms with van der Waals surface area (Å²) in [6.45, 7) is 0. The fraction of sp³-hybridized carbons (Fsp3) is 0.118. The number of methoxy groups -OCH3 is 1. The Hall–Kier alpha value is -2.14. The third-order valence-electron chi connectivity index (χ3n) is 3.04. The van der Waals surface area contributed by atoms with E-state index in [0.29, 0.717) is 11.3 Å². The van der Waals surface area contributed by atoms with E-state index in [1.54, 1.807) is 18.2 Å². The second-order valence-electron chi connectivity index (χ2n) is 4.43. The van der Waals surface area contributed by atoms with Crippen molar-refractivity contribution in [2.24, 2.45) is 0 Å². The summed E-state index contributed by atoms with van der Waals surface area (Å²) in [5.41, 5.74) is 0.448. The molecule has 2 aromatic rings. The molecule has 0 bridgehead atoms. The highest BCUT2D eigenvalue weighted by Gasteiger charge is 2.08. The third-order valence-corrected chi connectivity index (χ3v) is 3.82. The summed E-state index contributed by atoms with van der Waals surface area (Å²) in [4.78, 5) is 13.0. The van der Waals surface area contributed by atoms with Gasteiger partial charge in [-0.05, 0) is 54.8 Å². The van der Waals surface area contributed by atoms with Crippen molar-refractivity contribution in [2.45, 2.75) is 4.90 Å². The zero-order chi connectivity index (χ0) is 16.1. The van der Waals surface area contributed by atoms with Crippen molar-refractivity contribution >= 4 is 23.6 Å². The number of benzene rings is 2. The molecule has 0 amide bonds. The van der Waals surface area contributed by atoms with Crippen LogP contribution in [0.1, 0.15) is 15.9 Å². The number of allylic oxidation sites excluding steroid dienone is 1. The van der Waals surface area contributed by atoms with Gasteiger partial charge in [0.1, 0.15) is 17.4 Å². The Kier molecular flexibility index (Phi) is 5.33. The van der Waals surface area contributed by atoms with Crippen molar-refractivity contribution in [3.63, 3.8) is 0 Å². The fourth-order valence-electron chi connectivity index (χ4n) is 1.89. The van der Waals surface area contributed by atoms with Gasteiger partial charge in [0.05, 0.1) is 7.11 Å². The number of rotatable bonds is 5. The highest BCUT2D eigenvalue weighted by molar-refractivity contribution is 7.98. The quantitative estimate of drug-likeness (QED) is 0.458. The van der Waals surface area contributed by atoms with E-state index in [9.17, 15) is 13.6 Å². The molecule has 2 nitrogen and oxygen atoms in total. The predicted molar refractivity (Wildman–Crippen MR) is 84.5 cm³/mol. The molecule has 0 N–H and O–H groups in total. The minimum atomic E-state index is -0.583. The average molecular weight is 320 g/mol. The Labute approximate surface area is 131 Å². The van der Waals surface area contributed by atoms with Gasteiger partial charge in [0.15, 0.2) is 5.78 Å². The lowest BCUT2D eigenvalue weighted by Gasteiger charge is -2.07. The van der Waals surface area contributed by atoms with Crippen LogP contribution in [0.2, 0.25) is 0 Å². The molecule has 0 heterocycles. The van der Waals surface area contributed by atoms with Crippen LogP contribution in [0.25, 0.3) is 6.08 Å². The molecule has 0 saturated heterocycles. The van der Waals surface area contributed by atoms with Crippen LogP contribution in [-0.2, 0) is 0 Å². The summed E-state index contributed by atoms with van der Waals surface area (Å²) in [5, 5.41) is 0.